The first-order chi connectivity index (χ1) is 10.5. The highest BCUT2D eigenvalue weighted by Gasteiger charge is 2.20. The number of benzene rings is 1. The van der Waals surface area contributed by atoms with Crippen molar-refractivity contribution in [2.75, 3.05) is 18.9 Å². The standard InChI is InChI=1S/C15H17N2O5/c1-4-22-15(18)13-9-12(14(16(13)2)17(19)20)10-5-7-11(21-3)8-6-10/h5-9,19H,4H2,1-3H3/q-1. The first-order valence-corrected chi connectivity index (χ1v) is 6.67. The van der Waals surface area contributed by atoms with Crippen LogP contribution in [0.3, 0.4) is 0 Å². The Morgan fingerprint density at radius 3 is 2.50 bits per heavy atom. The van der Waals surface area contributed by atoms with Gasteiger partial charge < -0.3 is 24.5 Å². The monoisotopic (exact) mass is 305 g/mol. The second-order valence-corrected chi connectivity index (χ2v) is 4.55. The Bertz CT molecular complexity index is 661. The van der Waals surface area contributed by atoms with E-state index >= 15 is 0 Å². The summed E-state index contributed by atoms with van der Waals surface area (Å²) in [6.45, 7) is 1.91. The van der Waals surface area contributed by atoms with Crippen LogP contribution in [0.25, 0.3) is 11.1 Å². The number of anilines is 1. The molecule has 0 atom stereocenters. The summed E-state index contributed by atoms with van der Waals surface area (Å²) in [5.41, 5.74) is 1.26. The second kappa shape index (κ2) is 6.50. The normalized spacial score (nSPS) is 10.4. The summed E-state index contributed by atoms with van der Waals surface area (Å²) in [5.74, 6) is 0.0518. The second-order valence-electron chi connectivity index (χ2n) is 4.55. The van der Waals surface area contributed by atoms with Gasteiger partial charge in [0.25, 0.3) is 0 Å². The van der Waals surface area contributed by atoms with Crippen LogP contribution in [-0.2, 0) is 11.8 Å². The number of carbonyl (C=O) groups excluding carboxylic acids is 1. The van der Waals surface area contributed by atoms with Gasteiger partial charge in [-0.2, -0.15) is 0 Å². The Hall–Kier alpha value is -2.51. The molecule has 2 aromatic rings. The van der Waals surface area contributed by atoms with Crippen molar-refractivity contribution in [3.8, 4) is 16.9 Å². The Labute approximate surface area is 127 Å². The summed E-state index contributed by atoms with van der Waals surface area (Å²) in [6, 6.07) is 8.42. The molecule has 0 radical (unpaired) electrons. The summed E-state index contributed by atoms with van der Waals surface area (Å²) >= 11 is 0. The minimum atomic E-state index is -0.562. The summed E-state index contributed by atoms with van der Waals surface area (Å²) < 4.78 is 11.3. The van der Waals surface area contributed by atoms with Crippen molar-refractivity contribution in [1.29, 1.82) is 0 Å². The van der Waals surface area contributed by atoms with E-state index in [1.165, 1.54) is 17.7 Å². The molecule has 0 aliphatic heterocycles. The van der Waals surface area contributed by atoms with E-state index in [4.69, 9.17) is 9.47 Å². The molecule has 0 aliphatic rings. The van der Waals surface area contributed by atoms with Gasteiger partial charge in [-0.25, -0.2) is 4.79 Å². The molecular formula is C15H17N2O5-. The minimum absolute atomic E-state index is 0.0479. The molecule has 0 fully saturated rings. The van der Waals surface area contributed by atoms with Gasteiger partial charge in [-0.3, -0.25) is 5.21 Å². The predicted molar refractivity (Wildman–Crippen MR) is 81.0 cm³/mol. The van der Waals surface area contributed by atoms with Crippen molar-refractivity contribution >= 4 is 11.8 Å². The molecule has 1 aromatic heterocycles. The molecule has 1 N–H and O–H groups in total. The SMILES string of the molecule is CCOC(=O)c1cc(-c2ccc(OC)cc2)c(N([O-])O)n1C. The van der Waals surface area contributed by atoms with Crippen molar-refractivity contribution < 1.29 is 19.5 Å². The average molecular weight is 305 g/mol. The summed E-state index contributed by atoms with van der Waals surface area (Å²) in [4.78, 5) is 11.9. The maximum absolute atomic E-state index is 11.9. The number of aromatic nitrogens is 1. The van der Waals surface area contributed by atoms with E-state index < -0.39 is 5.97 Å². The van der Waals surface area contributed by atoms with Gasteiger partial charge in [0, 0.05) is 12.6 Å². The van der Waals surface area contributed by atoms with Gasteiger partial charge >= 0.3 is 5.97 Å². The zero-order chi connectivity index (χ0) is 16.3. The lowest BCUT2D eigenvalue weighted by molar-refractivity contribution is 0.0515. The molecule has 1 heterocycles. The van der Waals surface area contributed by atoms with Crippen LogP contribution in [-0.4, -0.2) is 29.5 Å². The number of rotatable bonds is 5. The van der Waals surface area contributed by atoms with Crippen molar-refractivity contribution in [2.24, 2.45) is 7.05 Å². The number of ether oxygens (including phenoxy) is 2. The molecule has 0 spiro atoms. The minimum Gasteiger partial charge on any atom is -0.732 e. The average Bonchev–Trinajstić information content (AvgIpc) is 2.85. The van der Waals surface area contributed by atoms with Crippen LogP contribution in [0.4, 0.5) is 5.82 Å². The molecule has 118 valence electrons. The molecule has 1 aromatic carbocycles. The predicted octanol–water partition coefficient (Wildman–Crippen LogP) is 2.57. The molecule has 0 bridgehead atoms. The van der Waals surface area contributed by atoms with Gasteiger partial charge in [0.15, 0.2) is 0 Å². The number of hydrogen-bond acceptors (Lipinski definition) is 6. The number of hydrogen-bond donors (Lipinski definition) is 1. The zero-order valence-electron chi connectivity index (χ0n) is 12.6. The molecule has 0 aliphatic carbocycles. The van der Waals surface area contributed by atoms with E-state index in [1.807, 2.05) is 0 Å². The zero-order valence-corrected chi connectivity index (χ0v) is 12.6. The van der Waals surface area contributed by atoms with Crippen LogP contribution < -0.4 is 9.96 Å². The lowest BCUT2D eigenvalue weighted by atomic mass is 10.1. The van der Waals surface area contributed by atoms with Gasteiger partial charge in [0.2, 0.25) is 0 Å². The van der Waals surface area contributed by atoms with Crippen LogP contribution in [0.2, 0.25) is 0 Å². The van der Waals surface area contributed by atoms with E-state index in [0.717, 1.165) is 0 Å². The van der Waals surface area contributed by atoms with Crippen LogP contribution in [0.1, 0.15) is 17.4 Å². The summed E-state index contributed by atoms with van der Waals surface area (Å²) in [5, 5.41) is 20.5. The van der Waals surface area contributed by atoms with Gasteiger partial charge in [-0.15, -0.1) is 0 Å². The van der Waals surface area contributed by atoms with Crippen molar-refractivity contribution in [2.45, 2.75) is 6.92 Å². The fraction of sp³-hybridized carbons (Fsp3) is 0.267. The van der Waals surface area contributed by atoms with Gasteiger partial charge in [0.05, 0.1) is 13.7 Å². The van der Waals surface area contributed by atoms with Crippen molar-refractivity contribution in [3.05, 3.63) is 41.2 Å². The first-order valence-electron chi connectivity index (χ1n) is 6.67. The molecule has 7 nitrogen and oxygen atoms in total. The number of nitrogens with zero attached hydrogens (tertiary/aromatic N) is 2. The molecule has 0 unspecified atom stereocenters. The molecule has 0 saturated heterocycles. The van der Waals surface area contributed by atoms with E-state index in [0.29, 0.717) is 16.9 Å². The highest BCUT2D eigenvalue weighted by molar-refractivity contribution is 5.93. The lowest BCUT2D eigenvalue weighted by Crippen LogP contribution is -2.15. The Kier molecular flexibility index (Phi) is 4.69. The smallest absolute Gasteiger partial charge is 0.355 e. The quantitative estimate of drug-likeness (QED) is 0.675. The fourth-order valence-electron chi connectivity index (χ4n) is 2.21. The van der Waals surface area contributed by atoms with Crippen LogP contribution in [0.5, 0.6) is 5.75 Å². The fourth-order valence-corrected chi connectivity index (χ4v) is 2.21. The van der Waals surface area contributed by atoms with E-state index in [9.17, 15) is 15.2 Å². The topological polar surface area (TPSA) is 87.0 Å². The highest BCUT2D eigenvalue weighted by Crippen LogP contribution is 2.34. The maximum atomic E-state index is 11.9. The van der Waals surface area contributed by atoms with Crippen molar-refractivity contribution in [1.82, 2.24) is 4.57 Å². The van der Waals surface area contributed by atoms with Crippen LogP contribution in [0.15, 0.2) is 30.3 Å². The van der Waals surface area contributed by atoms with E-state index in [1.54, 1.807) is 38.3 Å². The molecule has 7 heteroatoms. The molecule has 2 rings (SSSR count). The molecule has 0 saturated carbocycles. The summed E-state index contributed by atoms with van der Waals surface area (Å²) in [7, 11) is 3.06. The Morgan fingerprint density at radius 2 is 2.00 bits per heavy atom. The number of carbonyl (C=O) groups is 1. The highest BCUT2D eigenvalue weighted by atomic mass is 16.8. The van der Waals surface area contributed by atoms with Crippen molar-refractivity contribution in [3.63, 3.8) is 0 Å². The first kappa shape index (κ1) is 15.9. The Morgan fingerprint density at radius 1 is 1.36 bits per heavy atom. The third-order valence-corrected chi connectivity index (χ3v) is 3.27. The number of methoxy groups -OCH3 is 1. The van der Waals surface area contributed by atoms with E-state index in [2.05, 4.69) is 0 Å². The molecular weight excluding hydrogens is 288 g/mol. The number of esters is 1. The molecule has 0 amide bonds. The Balaban J connectivity index is 2.53. The largest absolute Gasteiger partial charge is 0.732 e. The molecule has 22 heavy (non-hydrogen) atoms. The third kappa shape index (κ3) is 2.90. The van der Waals surface area contributed by atoms with Gasteiger partial charge in [0.1, 0.15) is 17.3 Å². The van der Waals surface area contributed by atoms with Gasteiger partial charge in [-0.05, 0) is 30.7 Å². The summed E-state index contributed by atoms with van der Waals surface area (Å²) in [6.07, 6.45) is 0. The lowest BCUT2D eigenvalue weighted by Gasteiger charge is -2.24. The van der Waals surface area contributed by atoms with Crippen LogP contribution in [0, 0.1) is 5.21 Å². The van der Waals surface area contributed by atoms with Crippen LogP contribution >= 0.6 is 0 Å². The maximum Gasteiger partial charge on any atom is 0.355 e. The third-order valence-electron chi connectivity index (χ3n) is 3.27. The van der Waals surface area contributed by atoms with E-state index in [-0.39, 0.29) is 23.3 Å². The van der Waals surface area contributed by atoms with Gasteiger partial charge in [-0.1, -0.05) is 12.1 Å².